The molecule has 0 saturated carbocycles. The summed E-state index contributed by atoms with van der Waals surface area (Å²) in [6.45, 7) is 5.28. The number of hydrogen-bond acceptors (Lipinski definition) is 5. The maximum absolute atomic E-state index is 5.35. The zero-order valence-electron chi connectivity index (χ0n) is 15.2. The number of ether oxygens (including phenoxy) is 1. The van der Waals surface area contributed by atoms with Gasteiger partial charge in [0.1, 0.15) is 5.76 Å². The number of rotatable bonds is 13. The third-order valence-corrected chi connectivity index (χ3v) is 4.09. The van der Waals surface area contributed by atoms with E-state index >= 15 is 0 Å². The Morgan fingerprint density at radius 1 is 1.33 bits per heavy atom. The van der Waals surface area contributed by atoms with E-state index in [0.717, 1.165) is 69.6 Å². The Bertz CT molecular complexity index is 426. The van der Waals surface area contributed by atoms with Crippen molar-refractivity contribution < 1.29 is 9.15 Å². The number of aliphatic imine (C=N–C) groups is 1. The summed E-state index contributed by atoms with van der Waals surface area (Å²) in [6.07, 6.45) is 5.72. The van der Waals surface area contributed by atoms with Gasteiger partial charge in [0.15, 0.2) is 5.96 Å². The van der Waals surface area contributed by atoms with Crippen molar-refractivity contribution in [1.29, 1.82) is 0 Å². The van der Waals surface area contributed by atoms with E-state index in [0.29, 0.717) is 0 Å². The maximum atomic E-state index is 5.35. The highest BCUT2D eigenvalue weighted by molar-refractivity contribution is 7.98. The lowest BCUT2D eigenvalue weighted by atomic mass is 10.3. The fraction of sp³-hybridized carbons (Fsp3) is 0.706. The lowest BCUT2D eigenvalue weighted by Crippen LogP contribution is -2.40. The molecule has 0 saturated heterocycles. The van der Waals surface area contributed by atoms with Crippen LogP contribution >= 0.6 is 11.8 Å². The molecule has 0 aliphatic heterocycles. The molecule has 0 unspecified atom stereocenters. The first kappa shape index (κ1) is 20.9. The van der Waals surface area contributed by atoms with Crippen LogP contribution in [0.1, 0.15) is 12.2 Å². The van der Waals surface area contributed by atoms with E-state index in [-0.39, 0.29) is 0 Å². The second-order valence-corrected chi connectivity index (χ2v) is 6.54. The number of nitrogens with one attached hydrogen (secondary N) is 2. The fourth-order valence-corrected chi connectivity index (χ4v) is 2.43. The van der Waals surface area contributed by atoms with E-state index in [1.54, 1.807) is 13.4 Å². The van der Waals surface area contributed by atoms with Crippen molar-refractivity contribution in [3.05, 3.63) is 24.2 Å². The fourth-order valence-electron chi connectivity index (χ4n) is 2.13. The predicted octanol–water partition coefficient (Wildman–Crippen LogP) is 1.69. The van der Waals surface area contributed by atoms with Crippen LogP contribution in [0.15, 0.2) is 27.8 Å². The molecule has 0 aliphatic rings. The van der Waals surface area contributed by atoms with Crippen molar-refractivity contribution in [2.45, 2.75) is 12.8 Å². The van der Waals surface area contributed by atoms with Crippen molar-refractivity contribution in [3.63, 3.8) is 0 Å². The number of nitrogens with zero attached hydrogens (tertiary/aromatic N) is 2. The molecular formula is C17H32N4O2S. The molecule has 0 atom stereocenters. The summed E-state index contributed by atoms with van der Waals surface area (Å²) in [4.78, 5) is 6.95. The Morgan fingerprint density at radius 2 is 2.17 bits per heavy atom. The van der Waals surface area contributed by atoms with Gasteiger partial charge in [-0.3, -0.25) is 4.99 Å². The predicted molar refractivity (Wildman–Crippen MR) is 103 cm³/mol. The molecular weight excluding hydrogens is 324 g/mol. The summed E-state index contributed by atoms with van der Waals surface area (Å²) in [5, 5.41) is 6.75. The van der Waals surface area contributed by atoms with Gasteiger partial charge in [0.25, 0.3) is 0 Å². The minimum absolute atomic E-state index is 0.777. The van der Waals surface area contributed by atoms with Crippen LogP contribution in [0.5, 0.6) is 0 Å². The van der Waals surface area contributed by atoms with Crippen LogP contribution in [0, 0.1) is 0 Å². The van der Waals surface area contributed by atoms with Gasteiger partial charge >= 0.3 is 0 Å². The lowest BCUT2D eigenvalue weighted by Gasteiger charge is -2.16. The number of methoxy groups -OCH3 is 1. The molecule has 0 aromatic carbocycles. The first-order valence-electron chi connectivity index (χ1n) is 8.47. The monoisotopic (exact) mass is 356 g/mol. The topological polar surface area (TPSA) is 62.0 Å². The largest absolute Gasteiger partial charge is 0.469 e. The molecule has 0 radical (unpaired) electrons. The minimum Gasteiger partial charge on any atom is -0.469 e. The number of likely N-dealkylation sites (N-methyl/N-ethyl adjacent to an activating group) is 1. The molecule has 7 heteroatoms. The van der Waals surface area contributed by atoms with Crippen molar-refractivity contribution in [2.75, 3.05) is 65.5 Å². The third-order valence-electron chi connectivity index (χ3n) is 3.48. The zero-order chi connectivity index (χ0) is 17.5. The molecule has 138 valence electrons. The Morgan fingerprint density at radius 3 is 2.88 bits per heavy atom. The highest BCUT2D eigenvalue weighted by Crippen LogP contribution is 1.99. The van der Waals surface area contributed by atoms with E-state index in [4.69, 9.17) is 9.15 Å². The molecule has 1 rings (SSSR count). The van der Waals surface area contributed by atoms with Gasteiger partial charge in [-0.25, -0.2) is 0 Å². The molecule has 1 heterocycles. The lowest BCUT2D eigenvalue weighted by molar-refractivity contribution is 0.180. The Kier molecular flexibility index (Phi) is 12.3. The number of furan rings is 1. The summed E-state index contributed by atoms with van der Waals surface area (Å²) in [7, 11) is 3.86. The second-order valence-electron chi connectivity index (χ2n) is 5.56. The first-order valence-corrected chi connectivity index (χ1v) is 9.86. The van der Waals surface area contributed by atoms with Crippen LogP contribution < -0.4 is 10.6 Å². The van der Waals surface area contributed by atoms with Gasteiger partial charge in [-0.05, 0) is 31.9 Å². The van der Waals surface area contributed by atoms with E-state index in [2.05, 4.69) is 33.8 Å². The normalized spacial score (nSPS) is 11.9. The van der Waals surface area contributed by atoms with Crippen LogP contribution in [0.2, 0.25) is 0 Å². The van der Waals surface area contributed by atoms with Crippen LogP contribution in [-0.4, -0.2) is 76.4 Å². The van der Waals surface area contributed by atoms with Crippen molar-refractivity contribution in [1.82, 2.24) is 15.5 Å². The maximum Gasteiger partial charge on any atom is 0.191 e. The first-order chi connectivity index (χ1) is 11.8. The van der Waals surface area contributed by atoms with E-state index < -0.39 is 0 Å². The average Bonchev–Trinajstić information content (AvgIpc) is 3.08. The van der Waals surface area contributed by atoms with Gasteiger partial charge in [-0.15, -0.1) is 0 Å². The van der Waals surface area contributed by atoms with Crippen LogP contribution in [0.25, 0.3) is 0 Å². The smallest absolute Gasteiger partial charge is 0.191 e. The van der Waals surface area contributed by atoms with Gasteiger partial charge < -0.3 is 24.7 Å². The molecule has 1 aromatic heterocycles. The van der Waals surface area contributed by atoms with Gasteiger partial charge in [0.2, 0.25) is 0 Å². The molecule has 24 heavy (non-hydrogen) atoms. The molecule has 0 fully saturated rings. The quantitative estimate of drug-likeness (QED) is 0.319. The van der Waals surface area contributed by atoms with E-state index in [1.165, 1.54) is 0 Å². The average molecular weight is 357 g/mol. The summed E-state index contributed by atoms with van der Waals surface area (Å²) < 4.78 is 10.4. The van der Waals surface area contributed by atoms with Gasteiger partial charge in [-0.1, -0.05) is 0 Å². The summed E-state index contributed by atoms with van der Waals surface area (Å²) in [6, 6.07) is 3.91. The molecule has 0 amide bonds. The van der Waals surface area contributed by atoms with Gasteiger partial charge in [0.05, 0.1) is 12.8 Å². The Labute approximate surface area is 150 Å². The van der Waals surface area contributed by atoms with Gasteiger partial charge in [0, 0.05) is 52.1 Å². The summed E-state index contributed by atoms with van der Waals surface area (Å²) in [5.74, 6) is 2.93. The number of hydrogen-bond donors (Lipinski definition) is 2. The van der Waals surface area contributed by atoms with E-state index in [9.17, 15) is 0 Å². The highest BCUT2D eigenvalue weighted by Gasteiger charge is 2.01. The van der Waals surface area contributed by atoms with Crippen LogP contribution in [-0.2, 0) is 11.2 Å². The highest BCUT2D eigenvalue weighted by atomic mass is 32.2. The summed E-state index contributed by atoms with van der Waals surface area (Å²) in [5.41, 5.74) is 0. The minimum atomic E-state index is 0.777. The molecule has 1 aromatic rings. The van der Waals surface area contributed by atoms with E-state index in [1.807, 2.05) is 23.9 Å². The van der Waals surface area contributed by atoms with Crippen LogP contribution in [0.4, 0.5) is 0 Å². The van der Waals surface area contributed by atoms with Crippen molar-refractivity contribution in [2.24, 2.45) is 4.99 Å². The third kappa shape index (κ3) is 10.6. The Hall–Kier alpha value is -1.18. The number of thioether (sulfide) groups is 1. The zero-order valence-corrected chi connectivity index (χ0v) is 16.0. The molecule has 0 bridgehead atoms. The molecule has 0 spiro atoms. The van der Waals surface area contributed by atoms with Crippen molar-refractivity contribution >= 4 is 17.7 Å². The molecule has 0 aliphatic carbocycles. The number of guanidine groups is 1. The molecule has 6 nitrogen and oxygen atoms in total. The summed E-state index contributed by atoms with van der Waals surface area (Å²) >= 11 is 1.83. The molecule has 2 N–H and O–H groups in total. The van der Waals surface area contributed by atoms with Crippen molar-refractivity contribution in [3.8, 4) is 0 Å². The standard InChI is InChI=1S/C17H32N4O2S/c1-21(11-5-13-22-2)12-9-19-17(20-10-15-24-3)18-8-7-16-6-4-14-23-16/h4,6,14H,5,7-13,15H2,1-3H3,(H2,18,19,20). The second kappa shape index (κ2) is 14.2. The Balaban J connectivity index is 2.30. The SMILES string of the molecule is COCCCN(C)CCN=C(NCCSC)NCCc1ccco1. The van der Waals surface area contributed by atoms with Crippen LogP contribution in [0.3, 0.4) is 0 Å². The van der Waals surface area contributed by atoms with Gasteiger partial charge in [-0.2, -0.15) is 11.8 Å².